The van der Waals surface area contributed by atoms with E-state index in [1.54, 1.807) is 24.3 Å². The summed E-state index contributed by atoms with van der Waals surface area (Å²) in [6.45, 7) is 0.796. The summed E-state index contributed by atoms with van der Waals surface area (Å²) in [6.07, 6.45) is 0.644. The maximum absolute atomic E-state index is 14.1. The van der Waals surface area contributed by atoms with Gasteiger partial charge in [0, 0.05) is 36.5 Å². The molecule has 3 nitrogen and oxygen atoms in total. The SMILES string of the molecule is N=C(Cc1ccc(CC2(F)CNC2)cc1)C(=O)c1ccc(Cl)cc1. The zero-order valence-electron chi connectivity index (χ0n) is 13.1. The van der Waals surface area contributed by atoms with Crippen molar-refractivity contribution < 1.29 is 9.18 Å². The molecule has 124 valence electrons. The molecule has 0 atom stereocenters. The van der Waals surface area contributed by atoms with Gasteiger partial charge in [0.05, 0.1) is 5.71 Å². The molecule has 0 aromatic heterocycles. The van der Waals surface area contributed by atoms with E-state index in [0.717, 1.165) is 11.1 Å². The first-order valence-electron chi connectivity index (χ1n) is 7.80. The Morgan fingerprint density at radius 2 is 1.67 bits per heavy atom. The molecule has 2 aromatic rings. The summed E-state index contributed by atoms with van der Waals surface area (Å²) >= 11 is 5.81. The van der Waals surface area contributed by atoms with Gasteiger partial charge in [0.1, 0.15) is 5.67 Å². The van der Waals surface area contributed by atoms with Gasteiger partial charge in [-0.25, -0.2) is 4.39 Å². The molecule has 3 rings (SSSR count). The number of halogens is 2. The van der Waals surface area contributed by atoms with Gasteiger partial charge >= 0.3 is 0 Å². The van der Waals surface area contributed by atoms with Crippen LogP contribution in [0.25, 0.3) is 0 Å². The van der Waals surface area contributed by atoms with E-state index in [0.29, 0.717) is 30.1 Å². The van der Waals surface area contributed by atoms with Crippen LogP contribution >= 0.6 is 11.6 Å². The molecular formula is C19H18ClFN2O. The molecule has 0 saturated carbocycles. The molecule has 24 heavy (non-hydrogen) atoms. The second kappa shape index (κ2) is 6.83. The average molecular weight is 345 g/mol. The number of carbonyl (C=O) groups is 1. The van der Waals surface area contributed by atoms with Crippen LogP contribution in [0.15, 0.2) is 48.5 Å². The Labute approximate surface area is 145 Å². The highest BCUT2D eigenvalue weighted by molar-refractivity contribution is 6.45. The van der Waals surface area contributed by atoms with Gasteiger partial charge in [0.15, 0.2) is 0 Å². The van der Waals surface area contributed by atoms with Crippen molar-refractivity contribution in [1.29, 1.82) is 5.41 Å². The molecule has 1 aliphatic rings. The monoisotopic (exact) mass is 344 g/mol. The highest BCUT2D eigenvalue weighted by Gasteiger charge is 2.36. The minimum atomic E-state index is -1.14. The highest BCUT2D eigenvalue weighted by atomic mass is 35.5. The highest BCUT2D eigenvalue weighted by Crippen LogP contribution is 2.22. The number of nitrogens with one attached hydrogen (secondary N) is 2. The standard InChI is InChI=1S/C19H18ClFN2O/c20-16-7-5-15(6-8-16)18(24)17(22)9-13-1-3-14(4-2-13)10-19(21)11-23-12-19/h1-8,22-23H,9-12H2. The van der Waals surface area contributed by atoms with E-state index in [9.17, 15) is 9.18 Å². The maximum atomic E-state index is 14.1. The van der Waals surface area contributed by atoms with E-state index in [2.05, 4.69) is 5.32 Å². The van der Waals surface area contributed by atoms with Crippen LogP contribution in [-0.4, -0.2) is 30.3 Å². The zero-order valence-corrected chi connectivity index (χ0v) is 13.9. The zero-order chi connectivity index (χ0) is 17.2. The van der Waals surface area contributed by atoms with Gasteiger partial charge in [0.25, 0.3) is 0 Å². The number of hydrogen-bond donors (Lipinski definition) is 2. The van der Waals surface area contributed by atoms with E-state index in [4.69, 9.17) is 17.0 Å². The van der Waals surface area contributed by atoms with E-state index in [1.807, 2.05) is 24.3 Å². The van der Waals surface area contributed by atoms with E-state index in [-0.39, 0.29) is 17.9 Å². The molecule has 0 bridgehead atoms. The van der Waals surface area contributed by atoms with Crippen LogP contribution in [0.5, 0.6) is 0 Å². The summed E-state index contributed by atoms with van der Waals surface area (Å²) in [6, 6.07) is 14.0. The van der Waals surface area contributed by atoms with Crippen LogP contribution in [-0.2, 0) is 12.8 Å². The maximum Gasteiger partial charge on any atom is 0.206 e. The number of alkyl halides is 1. The van der Waals surface area contributed by atoms with Gasteiger partial charge < -0.3 is 10.7 Å². The van der Waals surface area contributed by atoms with Gasteiger partial charge in [-0.1, -0.05) is 35.9 Å². The Morgan fingerprint density at radius 3 is 2.21 bits per heavy atom. The van der Waals surface area contributed by atoms with Gasteiger partial charge in [-0.2, -0.15) is 0 Å². The first kappa shape index (κ1) is 16.8. The summed E-state index contributed by atoms with van der Waals surface area (Å²) < 4.78 is 14.1. The topological polar surface area (TPSA) is 53.0 Å². The number of Topliss-reactive ketones (excluding diaryl/α,β-unsaturated/α-hetero) is 1. The van der Waals surface area contributed by atoms with Gasteiger partial charge in [-0.3, -0.25) is 4.79 Å². The Morgan fingerprint density at radius 1 is 1.08 bits per heavy atom. The number of rotatable bonds is 6. The third-order valence-corrected chi connectivity index (χ3v) is 4.44. The predicted molar refractivity (Wildman–Crippen MR) is 94.1 cm³/mol. The molecule has 0 radical (unpaired) electrons. The van der Waals surface area contributed by atoms with Crippen molar-refractivity contribution in [3.8, 4) is 0 Å². The van der Waals surface area contributed by atoms with Crippen LogP contribution in [0, 0.1) is 5.41 Å². The number of hydrogen-bond acceptors (Lipinski definition) is 3. The van der Waals surface area contributed by atoms with Crippen LogP contribution in [0.3, 0.4) is 0 Å². The number of benzene rings is 2. The fourth-order valence-corrected chi connectivity index (χ4v) is 2.85. The van der Waals surface area contributed by atoms with Crippen molar-refractivity contribution in [3.63, 3.8) is 0 Å². The number of ketones is 1. The molecular weight excluding hydrogens is 327 g/mol. The summed E-state index contributed by atoms with van der Waals surface area (Å²) in [5.74, 6) is -0.306. The number of carbonyl (C=O) groups excluding carboxylic acids is 1. The lowest BCUT2D eigenvalue weighted by Gasteiger charge is -2.35. The fraction of sp³-hybridized carbons (Fsp3) is 0.263. The third kappa shape index (κ3) is 3.89. The lowest BCUT2D eigenvalue weighted by atomic mass is 9.90. The molecule has 1 saturated heterocycles. The summed E-state index contributed by atoms with van der Waals surface area (Å²) in [5.41, 5.74) is 1.14. The normalized spacial score (nSPS) is 15.6. The van der Waals surface area contributed by atoms with Crippen LogP contribution in [0.2, 0.25) is 5.02 Å². The predicted octanol–water partition coefficient (Wildman–Crippen LogP) is 3.64. The first-order chi connectivity index (χ1) is 11.5. The summed E-state index contributed by atoms with van der Waals surface area (Å²) in [4.78, 5) is 12.2. The lowest BCUT2D eigenvalue weighted by Crippen LogP contribution is -2.57. The van der Waals surface area contributed by atoms with Gasteiger partial charge in [0.2, 0.25) is 5.78 Å². The Kier molecular flexibility index (Phi) is 4.78. The smallest absolute Gasteiger partial charge is 0.206 e. The van der Waals surface area contributed by atoms with Crippen LogP contribution in [0.4, 0.5) is 4.39 Å². The molecule has 1 fully saturated rings. The van der Waals surface area contributed by atoms with Gasteiger partial charge in [-0.05, 0) is 35.4 Å². The van der Waals surface area contributed by atoms with Crippen molar-refractivity contribution in [3.05, 3.63) is 70.2 Å². The molecule has 0 amide bonds. The van der Waals surface area contributed by atoms with Crippen molar-refractivity contribution in [2.45, 2.75) is 18.5 Å². The summed E-state index contributed by atoms with van der Waals surface area (Å²) in [7, 11) is 0. The first-order valence-corrected chi connectivity index (χ1v) is 8.18. The largest absolute Gasteiger partial charge is 0.310 e. The molecule has 1 heterocycles. The minimum absolute atomic E-state index is 0.0234. The second-order valence-corrected chi connectivity index (χ2v) is 6.68. The summed E-state index contributed by atoms with van der Waals surface area (Å²) in [5, 5.41) is 11.5. The van der Waals surface area contributed by atoms with E-state index < -0.39 is 5.67 Å². The van der Waals surface area contributed by atoms with Crippen LogP contribution < -0.4 is 5.32 Å². The van der Waals surface area contributed by atoms with Crippen molar-refractivity contribution in [2.24, 2.45) is 0 Å². The Hall–Kier alpha value is -2.04. The Balaban J connectivity index is 1.61. The lowest BCUT2D eigenvalue weighted by molar-refractivity contribution is 0.0912. The minimum Gasteiger partial charge on any atom is -0.310 e. The van der Waals surface area contributed by atoms with Crippen molar-refractivity contribution in [1.82, 2.24) is 5.32 Å². The van der Waals surface area contributed by atoms with Crippen LogP contribution in [0.1, 0.15) is 21.5 Å². The molecule has 5 heteroatoms. The fourth-order valence-electron chi connectivity index (χ4n) is 2.72. The molecule has 1 aliphatic heterocycles. The van der Waals surface area contributed by atoms with E-state index >= 15 is 0 Å². The Bertz CT molecular complexity index is 752. The van der Waals surface area contributed by atoms with E-state index in [1.165, 1.54) is 0 Å². The molecule has 0 spiro atoms. The van der Waals surface area contributed by atoms with Crippen molar-refractivity contribution >= 4 is 23.1 Å². The quantitative estimate of drug-likeness (QED) is 0.621. The molecule has 2 aromatic carbocycles. The molecule has 0 aliphatic carbocycles. The third-order valence-electron chi connectivity index (χ3n) is 4.19. The van der Waals surface area contributed by atoms with Gasteiger partial charge in [-0.15, -0.1) is 0 Å². The molecule has 2 N–H and O–H groups in total. The molecule has 0 unspecified atom stereocenters. The average Bonchev–Trinajstić information content (AvgIpc) is 2.55. The second-order valence-electron chi connectivity index (χ2n) is 6.24. The van der Waals surface area contributed by atoms with Crippen molar-refractivity contribution in [2.75, 3.05) is 13.1 Å².